The van der Waals surface area contributed by atoms with E-state index in [0.717, 1.165) is 18.6 Å². The number of aliphatic hydroxyl groups is 1. The summed E-state index contributed by atoms with van der Waals surface area (Å²) in [5.41, 5.74) is 0.0290. The molecular formula is C12H15BrF2O. The van der Waals surface area contributed by atoms with E-state index < -0.39 is 17.7 Å². The van der Waals surface area contributed by atoms with Crippen LogP contribution in [0.1, 0.15) is 38.4 Å². The SMILES string of the molecule is CC(C)CCC(O)c1cc(F)c(Br)cc1F. The normalized spacial score (nSPS) is 13.2. The zero-order valence-corrected chi connectivity index (χ0v) is 10.9. The molecule has 1 aromatic carbocycles. The van der Waals surface area contributed by atoms with Crippen LogP contribution in [0.15, 0.2) is 16.6 Å². The minimum Gasteiger partial charge on any atom is -0.388 e. The zero-order valence-electron chi connectivity index (χ0n) is 9.30. The molecule has 0 aliphatic carbocycles. The van der Waals surface area contributed by atoms with Gasteiger partial charge in [-0.1, -0.05) is 13.8 Å². The number of benzene rings is 1. The Hall–Kier alpha value is -0.480. The first-order valence-corrected chi connectivity index (χ1v) is 6.03. The van der Waals surface area contributed by atoms with Crippen molar-refractivity contribution in [3.8, 4) is 0 Å². The fraction of sp³-hybridized carbons (Fsp3) is 0.500. The lowest BCUT2D eigenvalue weighted by Gasteiger charge is -2.13. The standard InChI is InChI=1S/C12H15BrF2O/c1-7(2)3-4-12(16)8-5-11(15)9(13)6-10(8)14/h5-7,12,16H,3-4H2,1-2H3. The summed E-state index contributed by atoms with van der Waals surface area (Å²) in [6.45, 7) is 4.04. The second-order valence-electron chi connectivity index (χ2n) is 4.27. The van der Waals surface area contributed by atoms with Crippen LogP contribution in [0.3, 0.4) is 0 Å². The Morgan fingerprint density at radius 2 is 1.81 bits per heavy atom. The second kappa shape index (κ2) is 5.73. The summed E-state index contributed by atoms with van der Waals surface area (Å²) in [5, 5.41) is 9.74. The van der Waals surface area contributed by atoms with E-state index >= 15 is 0 Å². The van der Waals surface area contributed by atoms with Crippen LogP contribution in [-0.4, -0.2) is 5.11 Å². The van der Waals surface area contributed by atoms with Gasteiger partial charge < -0.3 is 5.11 Å². The molecular weight excluding hydrogens is 278 g/mol. The summed E-state index contributed by atoms with van der Waals surface area (Å²) in [4.78, 5) is 0. The molecule has 0 saturated heterocycles. The Kier molecular flexibility index (Phi) is 4.87. The first-order valence-electron chi connectivity index (χ1n) is 5.24. The molecule has 1 N–H and O–H groups in total. The first kappa shape index (κ1) is 13.6. The van der Waals surface area contributed by atoms with Gasteiger partial charge in [0.2, 0.25) is 0 Å². The van der Waals surface area contributed by atoms with Crippen molar-refractivity contribution in [2.24, 2.45) is 5.92 Å². The van der Waals surface area contributed by atoms with Gasteiger partial charge in [-0.2, -0.15) is 0 Å². The summed E-state index contributed by atoms with van der Waals surface area (Å²) in [6.07, 6.45) is 0.276. The van der Waals surface area contributed by atoms with E-state index in [4.69, 9.17) is 0 Å². The van der Waals surface area contributed by atoms with Gasteiger partial charge in [0, 0.05) is 5.56 Å². The van der Waals surface area contributed by atoms with Gasteiger partial charge in [0.1, 0.15) is 11.6 Å². The van der Waals surface area contributed by atoms with Gasteiger partial charge in [0.25, 0.3) is 0 Å². The lowest BCUT2D eigenvalue weighted by Crippen LogP contribution is -2.03. The van der Waals surface area contributed by atoms with Gasteiger partial charge in [-0.25, -0.2) is 8.78 Å². The third-order valence-electron chi connectivity index (χ3n) is 2.42. The third kappa shape index (κ3) is 3.52. The predicted octanol–water partition coefficient (Wildman–Crippen LogP) is 4.20. The maximum absolute atomic E-state index is 13.4. The lowest BCUT2D eigenvalue weighted by atomic mass is 9.99. The smallest absolute Gasteiger partial charge is 0.137 e. The minimum absolute atomic E-state index is 0.0290. The molecule has 0 aliphatic rings. The van der Waals surface area contributed by atoms with Gasteiger partial charge in [-0.05, 0) is 46.8 Å². The van der Waals surface area contributed by atoms with E-state index in [0.29, 0.717) is 12.3 Å². The van der Waals surface area contributed by atoms with Crippen molar-refractivity contribution in [2.75, 3.05) is 0 Å². The highest BCUT2D eigenvalue weighted by Gasteiger charge is 2.16. The maximum atomic E-state index is 13.4. The van der Waals surface area contributed by atoms with Gasteiger partial charge in [0.05, 0.1) is 10.6 Å². The Balaban J connectivity index is 2.82. The van der Waals surface area contributed by atoms with E-state index in [2.05, 4.69) is 15.9 Å². The number of hydrogen-bond donors (Lipinski definition) is 1. The van der Waals surface area contributed by atoms with Crippen LogP contribution in [0.25, 0.3) is 0 Å². The van der Waals surface area contributed by atoms with Gasteiger partial charge in [-0.15, -0.1) is 0 Å². The molecule has 0 amide bonds. The summed E-state index contributed by atoms with van der Waals surface area (Å²) in [7, 11) is 0. The topological polar surface area (TPSA) is 20.2 Å². The molecule has 90 valence electrons. The van der Waals surface area contributed by atoms with Crippen molar-refractivity contribution in [1.29, 1.82) is 0 Å². The zero-order chi connectivity index (χ0) is 12.3. The molecule has 1 nitrogen and oxygen atoms in total. The molecule has 0 radical (unpaired) electrons. The quantitative estimate of drug-likeness (QED) is 0.825. The molecule has 0 spiro atoms. The molecule has 1 unspecified atom stereocenters. The molecule has 0 aliphatic heterocycles. The average molecular weight is 293 g/mol. The summed E-state index contributed by atoms with van der Waals surface area (Å²) in [6, 6.07) is 2.09. The molecule has 0 bridgehead atoms. The first-order chi connectivity index (χ1) is 7.41. The molecule has 1 atom stereocenters. The van der Waals surface area contributed by atoms with Crippen LogP contribution < -0.4 is 0 Å². The predicted molar refractivity (Wildman–Crippen MR) is 63.1 cm³/mol. The van der Waals surface area contributed by atoms with E-state index in [1.165, 1.54) is 0 Å². The van der Waals surface area contributed by atoms with Crippen molar-refractivity contribution in [3.63, 3.8) is 0 Å². The monoisotopic (exact) mass is 292 g/mol. The molecule has 0 fully saturated rings. The van der Waals surface area contributed by atoms with Gasteiger partial charge >= 0.3 is 0 Å². The number of halogens is 3. The number of hydrogen-bond acceptors (Lipinski definition) is 1. The van der Waals surface area contributed by atoms with E-state index in [1.807, 2.05) is 13.8 Å². The van der Waals surface area contributed by atoms with Crippen molar-refractivity contribution in [1.82, 2.24) is 0 Å². The Bertz CT molecular complexity index is 366. The molecule has 1 rings (SSSR count). The average Bonchev–Trinajstić information content (AvgIpc) is 2.20. The summed E-state index contributed by atoms with van der Waals surface area (Å²) >= 11 is 2.89. The fourth-order valence-electron chi connectivity index (χ4n) is 1.44. The van der Waals surface area contributed by atoms with Crippen molar-refractivity contribution >= 4 is 15.9 Å². The molecule has 0 saturated carbocycles. The summed E-state index contributed by atoms with van der Waals surface area (Å²) in [5.74, 6) is -0.706. The van der Waals surface area contributed by atoms with E-state index in [1.54, 1.807) is 0 Å². The molecule has 0 heterocycles. The Labute approximate surface area is 103 Å². The molecule has 16 heavy (non-hydrogen) atoms. The Morgan fingerprint density at radius 3 is 2.38 bits per heavy atom. The second-order valence-corrected chi connectivity index (χ2v) is 5.13. The molecule has 1 aromatic rings. The Morgan fingerprint density at radius 1 is 1.19 bits per heavy atom. The van der Waals surface area contributed by atoms with E-state index in [-0.39, 0.29) is 10.0 Å². The third-order valence-corrected chi connectivity index (χ3v) is 3.02. The van der Waals surface area contributed by atoms with Gasteiger partial charge in [-0.3, -0.25) is 0 Å². The minimum atomic E-state index is -0.940. The van der Waals surface area contributed by atoms with Crippen LogP contribution in [0.4, 0.5) is 8.78 Å². The van der Waals surface area contributed by atoms with Crippen LogP contribution >= 0.6 is 15.9 Å². The number of aliphatic hydroxyl groups excluding tert-OH is 1. The van der Waals surface area contributed by atoms with Crippen molar-refractivity contribution in [2.45, 2.75) is 32.8 Å². The highest BCUT2D eigenvalue weighted by Crippen LogP contribution is 2.27. The van der Waals surface area contributed by atoms with Crippen molar-refractivity contribution < 1.29 is 13.9 Å². The van der Waals surface area contributed by atoms with E-state index in [9.17, 15) is 13.9 Å². The number of rotatable bonds is 4. The van der Waals surface area contributed by atoms with Crippen molar-refractivity contribution in [3.05, 3.63) is 33.8 Å². The fourth-order valence-corrected chi connectivity index (χ4v) is 1.76. The highest BCUT2D eigenvalue weighted by atomic mass is 79.9. The molecule has 4 heteroatoms. The highest BCUT2D eigenvalue weighted by molar-refractivity contribution is 9.10. The van der Waals surface area contributed by atoms with Crippen LogP contribution in [0.2, 0.25) is 0 Å². The lowest BCUT2D eigenvalue weighted by molar-refractivity contribution is 0.154. The molecule has 0 aromatic heterocycles. The summed E-state index contributed by atoms with van der Waals surface area (Å²) < 4.78 is 26.7. The van der Waals surface area contributed by atoms with Crippen LogP contribution in [0, 0.1) is 17.6 Å². The maximum Gasteiger partial charge on any atom is 0.137 e. The van der Waals surface area contributed by atoms with Crippen LogP contribution in [-0.2, 0) is 0 Å². The largest absolute Gasteiger partial charge is 0.388 e. The van der Waals surface area contributed by atoms with Gasteiger partial charge in [0.15, 0.2) is 0 Å². The van der Waals surface area contributed by atoms with Crippen LogP contribution in [0.5, 0.6) is 0 Å².